The fourth-order valence-corrected chi connectivity index (χ4v) is 4.40. The van der Waals surface area contributed by atoms with Crippen molar-refractivity contribution in [1.82, 2.24) is 4.90 Å². The summed E-state index contributed by atoms with van der Waals surface area (Å²) >= 11 is 0. The second kappa shape index (κ2) is 4.33. The van der Waals surface area contributed by atoms with Crippen LogP contribution in [-0.4, -0.2) is 34.9 Å². The van der Waals surface area contributed by atoms with E-state index in [-0.39, 0.29) is 23.0 Å². The SMILES string of the molecule is C[C@@H]1[C@H]2C(=O)c3ccc(O)cc3[C@]1(C)CCN2CC1CC1. The number of Topliss-reactive ketones (excluding diaryl/α,β-unsaturated/α-hetero) is 1. The first-order valence-electron chi connectivity index (χ1n) is 8.12. The molecule has 3 nitrogen and oxygen atoms in total. The molecule has 1 heterocycles. The van der Waals surface area contributed by atoms with Crippen LogP contribution in [-0.2, 0) is 5.41 Å². The Kier molecular flexibility index (Phi) is 2.74. The third-order valence-electron chi connectivity index (χ3n) is 6.13. The van der Waals surface area contributed by atoms with Gasteiger partial charge in [-0.15, -0.1) is 0 Å². The van der Waals surface area contributed by atoms with Gasteiger partial charge in [-0.05, 0) is 66.8 Å². The van der Waals surface area contributed by atoms with Gasteiger partial charge in [0.05, 0.1) is 6.04 Å². The first-order valence-corrected chi connectivity index (χ1v) is 8.12. The molecule has 1 N–H and O–H groups in total. The Morgan fingerprint density at radius 1 is 1.38 bits per heavy atom. The van der Waals surface area contributed by atoms with Crippen LogP contribution in [0.4, 0.5) is 0 Å². The van der Waals surface area contributed by atoms with Gasteiger partial charge in [0.25, 0.3) is 0 Å². The van der Waals surface area contributed by atoms with Crippen LogP contribution in [0.1, 0.15) is 49.0 Å². The normalized spacial score (nSPS) is 35.6. The lowest BCUT2D eigenvalue weighted by atomic mass is 9.58. The molecule has 0 radical (unpaired) electrons. The Hall–Kier alpha value is -1.35. The van der Waals surface area contributed by atoms with Gasteiger partial charge in [-0.3, -0.25) is 9.69 Å². The van der Waals surface area contributed by atoms with E-state index in [4.69, 9.17) is 0 Å². The number of carbonyl (C=O) groups excluding carboxylic acids is 1. The molecule has 1 aromatic rings. The van der Waals surface area contributed by atoms with Crippen LogP contribution in [0, 0.1) is 11.8 Å². The fourth-order valence-electron chi connectivity index (χ4n) is 4.40. The number of piperidine rings is 1. The van der Waals surface area contributed by atoms with Crippen molar-refractivity contribution in [2.45, 2.75) is 44.6 Å². The number of hydrogen-bond donors (Lipinski definition) is 1. The van der Waals surface area contributed by atoms with Gasteiger partial charge in [-0.25, -0.2) is 0 Å². The van der Waals surface area contributed by atoms with E-state index in [2.05, 4.69) is 18.7 Å². The zero-order chi connectivity index (χ0) is 14.8. The van der Waals surface area contributed by atoms with E-state index in [1.165, 1.54) is 12.8 Å². The number of phenols is 1. The summed E-state index contributed by atoms with van der Waals surface area (Å²) < 4.78 is 0. The van der Waals surface area contributed by atoms with E-state index in [1.807, 2.05) is 12.1 Å². The van der Waals surface area contributed by atoms with Crippen LogP contribution < -0.4 is 0 Å². The topological polar surface area (TPSA) is 40.5 Å². The minimum atomic E-state index is 0.00665. The molecule has 1 saturated heterocycles. The monoisotopic (exact) mass is 285 g/mol. The summed E-state index contributed by atoms with van der Waals surface area (Å²) in [5, 5.41) is 9.83. The second-order valence-corrected chi connectivity index (χ2v) is 7.43. The van der Waals surface area contributed by atoms with Crippen LogP contribution in [0.3, 0.4) is 0 Å². The van der Waals surface area contributed by atoms with Gasteiger partial charge in [0, 0.05) is 12.1 Å². The minimum absolute atomic E-state index is 0.00665. The molecule has 0 spiro atoms. The smallest absolute Gasteiger partial charge is 0.180 e. The lowest BCUT2D eigenvalue weighted by molar-refractivity contribution is 0.0265. The van der Waals surface area contributed by atoms with E-state index >= 15 is 0 Å². The molecule has 3 heteroatoms. The van der Waals surface area contributed by atoms with Gasteiger partial charge in [-0.2, -0.15) is 0 Å². The molecule has 0 unspecified atom stereocenters. The Balaban J connectivity index is 1.79. The number of rotatable bonds is 2. The highest BCUT2D eigenvalue weighted by molar-refractivity contribution is 6.03. The number of hydrogen-bond acceptors (Lipinski definition) is 3. The maximum atomic E-state index is 13.0. The maximum absolute atomic E-state index is 13.0. The van der Waals surface area contributed by atoms with Crippen molar-refractivity contribution in [2.75, 3.05) is 13.1 Å². The van der Waals surface area contributed by atoms with Crippen LogP contribution >= 0.6 is 0 Å². The summed E-state index contributed by atoms with van der Waals surface area (Å²) in [5.41, 5.74) is 1.90. The largest absolute Gasteiger partial charge is 0.508 e. The summed E-state index contributed by atoms with van der Waals surface area (Å²) in [6, 6.07) is 5.32. The molecule has 4 rings (SSSR count). The number of phenolic OH excluding ortho intramolecular Hbond substituents is 1. The molecule has 2 fully saturated rings. The minimum Gasteiger partial charge on any atom is -0.508 e. The predicted molar refractivity (Wildman–Crippen MR) is 81.7 cm³/mol. The van der Waals surface area contributed by atoms with E-state index < -0.39 is 0 Å². The van der Waals surface area contributed by atoms with Gasteiger partial charge < -0.3 is 5.11 Å². The van der Waals surface area contributed by atoms with Crippen molar-refractivity contribution in [2.24, 2.45) is 11.8 Å². The standard InChI is InChI=1S/C18H23NO2/c1-11-16-17(21)14-6-5-13(20)9-15(14)18(11,2)7-8-19(16)10-12-3-4-12/h5-6,9,11-12,16,20H,3-4,7-8,10H2,1-2H3/t11-,16+,18-/m1/s1. The van der Waals surface area contributed by atoms with E-state index in [1.54, 1.807) is 6.07 Å². The van der Waals surface area contributed by atoms with Crippen molar-refractivity contribution in [3.05, 3.63) is 29.3 Å². The molecular weight excluding hydrogens is 262 g/mol. The lowest BCUT2D eigenvalue weighted by Gasteiger charge is -2.53. The van der Waals surface area contributed by atoms with Crippen molar-refractivity contribution >= 4 is 5.78 Å². The van der Waals surface area contributed by atoms with Crippen LogP contribution in [0.5, 0.6) is 5.75 Å². The van der Waals surface area contributed by atoms with Gasteiger partial charge in [0.15, 0.2) is 5.78 Å². The molecule has 1 aromatic carbocycles. The number of likely N-dealkylation sites (tertiary alicyclic amines) is 1. The highest BCUT2D eigenvalue weighted by Gasteiger charge is 2.52. The third kappa shape index (κ3) is 1.87. The predicted octanol–water partition coefficient (Wildman–Crippen LogP) is 2.97. The van der Waals surface area contributed by atoms with Gasteiger partial charge in [0.1, 0.15) is 5.75 Å². The first kappa shape index (κ1) is 13.3. The molecule has 3 atom stereocenters. The quantitative estimate of drug-likeness (QED) is 0.908. The summed E-state index contributed by atoms with van der Waals surface area (Å²) in [6.45, 7) is 6.57. The molecule has 21 heavy (non-hydrogen) atoms. The summed E-state index contributed by atoms with van der Waals surface area (Å²) in [5.74, 6) is 1.66. The van der Waals surface area contributed by atoms with Crippen molar-refractivity contribution in [1.29, 1.82) is 0 Å². The second-order valence-electron chi connectivity index (χ2n) is 7.43. The molecule has 112 valence electrons. The van der Waals surface area contributed by atoms with Crippen molar-refractivity contribution in [3.63, 3.8) is 0 Å². The van der Waals surface area contributed by atoms with Gasteiger partial charge >= 0.3 is 0 Å². The zero-order valence-electron chi connectivity index (χ0n) is 12.8. The number of aromatic hydroxyl groups is 1. The van der Waals surface area contributed by atoms with Crippen molar-refractivity contribution < 1.29 is 9.90 Å². The van der Waals surface area contributed by atoms with Crippen LogP contribution in [0.2, 0.25) is 0 Å². The number of nitrogens with zero attached hydrogens (tertiary/aromatic N) is 1. The van der Waals surface area contributed by atoms with Gasteiger partial charge in [0.2, 0.25) is 0 Å². The average Bonchev–Trinajstić information content (AvgIpc) is 3.25. The Bertz CT molecular complexity index is 607. The average molecular weight is 285 g/mol. The Morgan fingerprint density at radius 2 is 2.14 bits per heavy atom. The van der Waals surface area contributed by atoms with Gasteiger partial charge in [-0.1, -0.05) is 13.8 Å². The summed E-state index contributed by atoms with van der Waals surface area (Å²) in [6.07, 6.45) is 3.72. The molecule has 1 saturated carbocycles. The number of benzene rings is 1. The van der Waals surface area contributed by atoms with E-state index in [9.17, 15) is 9.90 Å². The molecule has 0 aromatic heterocycles. The molecular formula is C18H23NO2. The number of carbonyl (C=O) groups is 1. The zero-order valence-corrected chi connectivity index (χ0v) is 12.8. The number of ketones is 1. The highest BCUT2D eigenvalue weighted by Crippen LogP contribution is 2.49. The molecule has 0 amide bonds. The molecule has 3 aliphatic rings. The maximum Gasteiger partial charge on any atom is 0.180 e. The first-order chi connectivity index (χ1) is 10.0. The van der Waals surface area contributed by atoms with E-state index in [0.717, 1.165) is 36.6 Å². The van der Waals surface area contributed by atoms with Crippen LogP contribution in [0.15, 0.2) is 18.2 Å². The third-order valence-corrected chi connectivity index (χ3v) is 6.13. The highest BCUT2D eigenvalue weighted by atomic mass is 16.3. The summed E-state index contributed by atoms with van der Waals surface area (Å²) in [7, 11) is 0. The van der Waals surface area contributed by atoms with Crippen LogP contribution in [0.25, 0.3) is 0 Å². The number of fused-ring (bicyclic) bond motifs is 4. The Labute approximate surface area is 126 Å². The van der Waals surface area contributed by atoms with E-state index in [0.29, 0.717) is 5.92 Å². The molecule has 2 aliphatic carbocycles. The summed E-state index contributed by atoms with van der Waals surface area (Å²) in [4.78, 5) is 15.4. The lowest BCUT2D eigenvalue weighted by Crippen LogP contribution is -2.61. The Morgan fingerprint density at radius 3 is 2.86 bits per heavy atom. The molecule has 2 bridgehead atoms. The fraction of sp³-hybridized carbons (Fsp3) is 0.611. The van der Waals surface area contributed by atoms with Crippen molar-refractivity contribution in [3.8, 4) is 5.75 Å². The molecule has 1 aliphatic heterocycles.